The van der Waals surface area contributed by atoms with E-state index in [1.165, 1.54) is 6.07 Å². The third-order valence-electron chi connectivity index (χ3n) is 2.58. The van der Waals surface area contributed by atoms with Gasteiger partial charge in [0.15, 0.2) is 0 Å². The van der Waals surface area contributed by atoms with Gasteiger partial charge in [0.05, 0.1) is 0 Å². The van der Waals surface area contributed by atoms with E-state index in [2.05, 4.69) is 15.9 Å². The summed E-state index contributed by atoms with van der Waals surface area (Å²) in [5.74, 6) is 0.0864. The molecule has 0 aromatic heterocycles. The highest BCUT2D eigenvalue weighted by atomic mass is 79.9. The van der Waals surface area contributed by atoms with Crippen molar-refractivity contribution < 1.29 is 4.39 Å². The highest BCUT2D eigenvalue weighted by Gasteiger charge is 2.07. The zero-order valence-electron chi connectivity index (χ0n) is 9.99. The molecule has 0 saturated heterocycles. The molecule has 0 atom stereocenters. The third-order valence-corrected chi connectivity index (χ3v) is 4.66. The molecule has 0 aliphatic heterocycles. The summed E-state index contributed by atoms with van der Waals surface area (Å²) in [5, 5.41) is 7.27. The molecule has 0 bridgehead atoms. The van der Waals surface area contributed by atoms with Crippen molar-refractivity contribution in [2.45, 2.75) is 10.6 Å². The predicted octanol–water partition coefficient (Wildman–Crippen LogP) is 4.16. The Labute approximate surface area is 123 Å². The number of thioether (sulfide) groups is 1. The Balaban J connectivity index is 2.12. The second-order valence-corrected chi connectivity index (χ2v) is 5.81. The summed E-state index contributed by atoms with van der Waals surface area (Å²) in [6.07, 6.45) is 0. The lowest BCUT2D eigenvalue weighted by atomic mass is 10.1. The molecule has 0 aliphatic rings. The fraction of sp³-hybridized carbons (Fsp3) is 0.0714. The summed E-state index contributed by atoms with van der Waals surface area (Å²) >= 11 is 5.02. The van der Waals surface area contributed by atoms with Crippen LogP contribution in [-0.4, -0.2) is 5.84 Å². The van der Waals surface area contributed by atoms with Crippen LogP contribution in [0, 0.1) is 11.2 Å². The summed E-state index contributed by atoms with van der Waals surface area (Å²) in [7, 11) is 0. The molecular formula is C14H12BrFN2S. The Bertz CT molecular complexity index is 616. The first kappa shape index (κ1) is 14.1. The number of nitrogens with two attached hydrogens (primary N) is 1. The van der Waals surface area contributed by atoms with E-state index in [4.69, 9.17) is 11.1 Å². The second-order valence-electron chi connectivity index (χ2n) is 3.94. The normalized spacial score (nSPS) is 10.4. The average molecular weight is 339 g/mol. The van der Waals surface area contributed by atoms with E-state index in [1.54, 1.807) is 23.9 Å². The van der Waals surface area contributed by atoms with Crippen LogP contribution in [0.4, 0.5) is 4.39 Å². The molecule has 3 N–H and O–H groups in total. The van der Waals surface area contributed by atoms with Crippen LogP contribution in [-0.2, 0) is 5.75 Å². The van der Waals surface area contributed by atoms with Crippen molar-refractivity contribution in [2.24, 2.45) is 5.73 Å². The standard InChI is InChI=1S/C14H12BrFN2S/c15-11-3-1-2-4-13(11)19-8-10-6-5-9(14(17)18)7-12(10)16/h1-7H,8H2,(H3,17,18). The first-order chi connectivity index (χ1) is 9.08. The minimum absolute atomic E-state index is 0.121. The van der Waals surface area contributed by atoms with E-state index in [-0.39, 0.29) is 11.7 Å². The Morgan fingerprint density at radius 2 is 2.00 bits per heavy atom. The largest absolute Gasteiger partial charge is 0.384 e. The van der Waals surface area contributed by atoms with E-state index in [0.29, 0.717) is 16.9 Å². The van der Waals surface area contributed by atoms with Crippen molar-refractivity contribution in [2.75, 3.05) is 0 Å². The zero-order chi connectivity index (χ0) is 13.8. The van der Waals surface area contributed by atoms with Gasteiger partial charge in [-0.1, -0.05) is 24.3 Å². The molecule has 0 amide bonds. The molecule has 0 unspecified atom stereocenters. The van der Waals surface area contributed by atoms with Gasteiger partial charge in [-0.05, 0) is 39.7 Å². The summed E-state index contributed by atoms with van der Waals surface area (Å²) in [6, 6.07) is 12.5. The maximum Gasteiger partial charge on any atom is 0.127 e. The van der Waals surface area contributed by atoms with E-state index >= 15 is 0 Å². The van der Waals surface area contributed by atoms with E-state index in [1.807, 2.05) is 24.3 Å². The van der Waals surface area contributed by atoms with Crippen molar-refractivity contribution in [3.05, 3.63) is 63.9 Å². The maximum absolute atomic E-state index is 13.8. The van der Waals surface area contributed by atoms with E-state index in [0.717, 1.165) is 9.37 Å². The van der Waals surface area contributed by atoms with Gasteiger partial charge in [0.2, 0.25) is 0 Å². The first-order valence-electron chi connectivity index (χ1n) is 5.58. The monoisotopic (exact) mass is 338 g/mol. The lowest BCUT2D eigenvalue weighted by Crippen LogP contribution is -2.11. The smallest absolute Gasteiger partial charge is 0.127 e. The van der Waals surface area contributed by atoms with Crippen LogP contribution >= 0.6 is 27.7 Å². The van der Waals surface area contributed by atoms with Crippen molar-refractivity contribution in [3.63, 3.8) is 0 Å². The Morgan fingerprint density at radius 3 is 2.63 bits per heavy atom. The average Bonchev–Trinajstić information content (AvgIpc) is 2.39. The molecule has 0 heterocycles. The highest BCUT2D eigenvalue weighted by molar-refractivity contribution is 9.10. The molecule has 2 nitrogen and oxygen atoms in total. The molecule has 2 aromatic rings. The molecule has 0 aliphatic carbocycles. The molecule has 0 fully saturated rings. The fourth-order valence-corrected chi connectivity index (χ4v) is 3.10. The number of nitrogens with one attached hydrogen (secondary N) is 1. The molecule has 19 heavy (non-hydrogen) atoms. The molecular weight excluding hydrogens is 327 g/mol. The van der Waals surface area contributed by atoms with Gasteiger partial charge in [-0.25, -0.2) is 4.39 Å². The molecule has 5 heteroatoms. The Kier molecular flexibility index (Phi) is 4.61. The Hall–Kier alpha value is -1.33. The minimum atomic E-state index is -0.327. The molecule has 2 rings (SSSR count). The van der Waals surface area contributed by atoms with E-state index in [9.17, 15) is 4.39 Å². The van der Waals surface area contributed by atoms with E-state index < -0.39 is 0 Å². The molecule has 0 spiro atoms. The van der Waals surface area contributed by atoms with Gasteiger partial charge < -0.3 is 5.73 Å². The summed E-state index contributed by atoms with van der Waals surface area (Å²) in [6.45, 7) is 0. The zero-order valence-corrected chi connectivity index (χ0v) is 12.4. The summed E-state index contributed by atoms with van der Waals surface area (Å²) in [4.78, 5) is 1.07. The van der Waals surface area contributed by atoms with Crippen molar-refractivity contribution in [1.29, 1.82) is 5.41 Å². The Morgan fingerprint density at radius 1 is 1.26 bits per heavy atom. The lowest BCUT2D eigenvalue weighted by Gasteiger charge is -2.06. The van der Waals surface area contributed by atoms with Crippen LogP contribution in [0.5, 0.6) is 0 Å². The van der Waals surface area contributed by atoms with Gasteiger partial charge in [0, 0.05) is 20.7 Å². The van der Waals surface area contributed by atoms with Gasteiger partial charge in [0.1, 0.15) is 11.7 Å². The number of nitrogen functional groups attached to an aromatic ring is 1. The van der Waals surface area contributed by atoms with Crippen LogP contribution in [0.2, 0.25) is 0 Å². The van der Waals surface area contributed by atoms with Crippen molar-refractivity contribution >= 4 is 33.5 Å². The number of hydrogen-bond acceptors (Lipinski definition) is 2. The predicted molar refractivity (Wildman–Crippen MR) is 81.1 cm³/mol. The van der Waals surface area contributed by atoms with Crippen LogP contribution in [0.15, 0.2) is 51.8 Å². The van der Waals surface area contributed by atoms with Gasteiger partial charge in [-0.15, -0.1) is 11.8 Å². The number of amidine groups is 1. The molecule has 2 aromatic carbocycles. The third kappa shape index (κ3) is 3.58. The second kappa shape index (κ2) is 6.21. The SMILES string of the molecule is N=C(N)c1ccc(CSc2ccccc2Br)c(F)c1. The minimum Gasteiger partial charge on any atom is -0.384 e. The van der Waals surface area contributed by atoms with Gasteiger partial charge in [0.25, 0.3) is 0 Å². The van der Waals surface area contributed by atoms with Gasteiger partial charge in [-0.2, -0.15) is 0 Å². The number of hydrogen-bond donors (Lipinski definition) is 2. The van der Waals surface area contributed by atoms with Crippen LogP contribution in [0.3, 0.4) is 0 Å². The summed E-state index contributed by atoms with van der Waals surface area (Å²) in [5.41, 5.74) is 6.33. The fourth-order valence-electron chi connectivity index (χ4n) is 1.55. The lowest BCUT2D eigenvalue weighted by molar-refractivity contribution is 0.617. The topological polar surface area (TPSA) is 49.9 Å². The molecule has 0 radical (unpaired) electrons. The molecule has 98 valence electrons. The number of benzene rings is 2. The van der Waals surface area contributed by atoms with Crippen molar-refractivity contribution in [1.82, 2.24) is 0 Å². The van der Waals surface area contributed by atoms with Crippen LogP contribution < -0.4 is 5.73 Å². The van der Waals surface area contributed by atoms with Gasteiger partial charge in [-0.3, -0.25) is 5.41 Å². The van der Waals surface area contributed by atoms with Crippen molar-refractivity contribution in [3.8, 4) is 0 Å². The number of rotatable bonds is 4. The summed E-state index contributed by atoms with van der Waals surface area (Å²) < 4.78 is 14.8. The number of halogens is 2. The first-order valence-corrected chi connectivity index (χ1v) is 7.36. The highest BCUT2D eigenvalue weighted by Crippen LogP contribution is 2.30. The quantitative estimate of drug-likeness (QED) is 0.499. The molecule has 0 saturated carbocycles. The van der Waals surface area contributed by atoms with Crippen LogP contribution in [0.1, 0.15) is 11.1 Å². The van der Waals surface area contributed by atoms with Crippen LogP contribution in [0.25, 0.3) is 0 Å². The van der Waals surface area contributed by atoms with Gasteiger partial charge >= 0.3 is 0 Å². The maximum atomic E-state index is 13.8.